The Bertz CT molecular complexity index is 869. The fraction of sp³-hybridized carbons (Fsp3) is 0.188. The quantitative estimate of drug-likeness (QED) is 0.809. The second-order valence-electron chi connectivity index (χ2n) is 5.37. The molecule has 3 aromatic rings. The zero-order valence-electron chi connectivity index (χ0n) is 11.7. The Kier molecular flexibility index (Phi) is 3.08. The molecule has 1 N–H and O–H groups in total. The van der Waals surface area contributed by atoms with Crippen molar-refractivity contribution >= 4 is 28.7 Å². The number of carbonyl (C=O) groups is 1. The number of pyridine rings is 1. The van der Waals surface area contributed by atoms with Gasteiger partial charge in [0.05, 0.1) is 10.7 Å². The van der Waals surface area contributed by atoms with Crippen molar-refractivity contribution in [2.45, 2.75) is 18.9 Å². The number of benzene rings is 1. The van der Waals surface area contributed by atoms with Crippen LogP contribution < -0.4 is 5.32 Å². The lowest BCUT2D eigenvalue weighted by atomic mass is 10.2. The van der Waals surface area contributed by atoms with Crippen molar-refractivity contribution in [2.75, 3.05) is 0 Å². The molecule has 1 saturated carbocycles. The smallest absolute Gasteiger partial charge is 0.251 e. The van der Waals surface area contributed by atoms with Crippen LogP contribution in [-0.4, -0.2) is 26.5 Å². The van der Waals surface area contributed by atoms with Gasteiger partial charge in [0.2, 0.25) is 0 Å². The van der Waals surface area contributed by atoms with Gasteiger partial charge in [-0.3, -0.25) is 9.36 Å². The lowest BCUT2D eigenvalue weighted by Crippen LogP contribution is -2.25. The topological polar surface area (TPSA) is 59.8 Å². The zero-order chi connectivity index (χ0) is 15.1. The highest BCUT2D eigenvalue weighted by Gasteiger charge is 2.24. The molecule has 0 saturated heterocycles. The monoisotopic (exact) mass is 312 g/mol. The third kappa shape index (κ3) is 2.33. The SMILES string of the molecule is O=C(NC1CC1)c1ccc(Cl)c(-n2cnc3cccnc32)c1. The van der Waals surface area contributed by atoms with Crippen molar-refractivity contribution < 1.29 is 4.79 Å². The summed E-state index contributed by atoms with van der Waals surface area (Å²) >= 11 is 6.30. The number of imidazole rings is 1. The summed E-state index contributed by atoms with van der Waals surface area (Å²) in [5, 5.41) is 3.53. The van der Waals surface area contributed by atoms with E-state index in [0.717, 1.165) is 18.4 Å². The van der Waals surface area contributed by atoms with Gasteiger partial charge >= 0.3 is 0 Å². The molecule has 0 aliphatic heterocycles. The molecule has 0 spiro atoms. The molecular formula is C16H13ClN4O. The molecule has 0 atom stereocenters. The van der Waals surface area contributed by atoms with Gasteiger partial charge < -0.3 is 5.32 Å². The van der Waals surface area contributed by atoms with Gasteiger partial charge in [-0.15, -0.1) is 0 Å². The largest absolute Gasteiger partial charge is 0.349 e. The summed E-state index contributed by atoms with van der Waals surface area (Å²) < 4.78 is 1.80. The van der Waals surface area contributed by atoms with E-state index in [-0.39, 0.29) is 5.91 Å². The Hall–Kier alpha value is -2.40. The van der Waals surface area contributed by atoms with E-state index < -0.39 is 0 Å². The van der Waals surface area contributed by atoms with Gasteiger partial charge in [-0.1, -0.05) is 11.6 Å². The molecule has 1 amide bonds. The number of nitrogens with one attached hydrogen (secondary N) is 1. The normalized spacial score (nSPS) is 14.2. The van der Waals surface area contributed by atoms with Crippen LogP contribution in [0.4, 0.5) is 0 Å². The first-order valence-corrected chi connectivity index (χ1v) is 7.49. The van der Waals surface area contributed by atoms with Gasteiger partial charge in [0.1, 0.15) is 11.8 Å². The molecule has 0 unspecified atom stereocenters. The van der Waals surface area contributed by atoms with Crippen LogP contribution in [0.1, 0.15) is 23.2 Å². The van der Waals surface area contributed by atoms with E-state index in [9.17, 15) is 4.79 Å². The Labute approximate surface area is 131 Å². The number of halogens is 1. The highest BCUT2D eigenvalue weighted by molar-refractivity contribution is 6.32. The minimum Gasteiger partial charge on any atom is -0.349 e. The van der Waals surface area contributed by atoms with Gasteiger partial charge in [-0.05, 0) is 43.2 Å². The maximum absolute atomic E-state index is 12.2. The summed E-state index contributed by atoms with van der Waals surface area (Å²) in [6, 6.07) is 9.28. The number of fused-ring (bicyclic) bond motifs is 1. The predicted octanol–water partition coefficient (Wildman–Crippen LogP) is 2.97. The van der Waals surface area contributed by atoms with Gasteiger partial charge in [0.25, 0.3) is 5.91 Å². The lowest BCUT2D eigenvalue weighted by Gasteiger charge is -2.09. The third-order valence-electron chi connectivity index (χ3n) is 3.69. The number of hydrogen-bond donors (Lipinski definition) is 1. The van der Waals surface area contributed by atoms with E-state index in [1.54, 1.807) is 35.3 Å². The summed E-state index contributed by atoms with van der Waals surface area (Å²) in [5.74, 6) is -0.0715. The van der Waals surface area contributed by atoms with E-state index in [2.05, 4.69) is 15.3 Å². The summed E-state index contributed by atoms with van der Waals surface area (Å²) in [7, 11) is 0. The van der Waals surface area contributed by atoms with E-state index in [4.69, 9.17) is 11.6 Å². The molecule has 0 radical (unpaired) electrons. The molecule has 110 valence electrons. The van der Waals surface area contributed by atoms with E-state index in [1.165, 1.54) is 0 Å². The molecule has 2 heterocycles. The number of rotatable bonds is 3. The molecule has 1 aromatic carbocycles. The van der Waals surface area contributed by atoms with Crippen LogP contribution in [-0.2, 0) is 0 Å². The fourth-order valence-corrected chi connectivity index (χ4v) is 2.57. The number of carbonyl (C=O) groups excluding carboxylic acids is 1. The lowest BCUT2D eigenvalue weighted by molar-refractivity contribution is 0.0951. The van der Waals surface area contributed by atoms with Crippen LogP contribution in [0.3, 0.4) is 0 Å². The molecule has 5 nitrogen and oxygen atoms in total. The Morgan fingerprint density at radius 1 is 1.27 bits per heavy atom. The average molecular weight is 313 g/mol. The van der Waals surface area contributed by atoms with Crippen LogP contribution in [0.15, 0.2) is 42.9 Å². The number of hydrogen-bond acceptors (Lipinski definition) is 3. The van der Waals surface area contributed by atoms with Crippen LogP contribution in [0.5, 0.6) is 0 Å². The van der Waals surface area contributed by atoms with Gasteiger partial charge in [0.15, 0.2) is 5.65 Å². The van der Waals surface area contributed by atoms with E-state index >= 15 is 0 Å². The molecule has 2 aromatic heterocycles. The molecule has 0 bridgehead atoms. The van der Waals surface area contributed by atoms with Crippen LogP contribution in [0, 0.1) is 0 Å². The Morgan fingerprint density at radius 2 is 2.14 bits per heavy atom. The molecule has 1 aliphatic carbocycles. The van der Waals surface area contributed by atoms with Crippen LogP contribution >= 0.6 is 11.6 Å². The number of aromatic nitrogens is 3. The van der Waals surface area contributed by atoms with Gasteiger partial charge in [-0.25, -0.2) is 9.97 Å². The summed E-state index contributed by atoms with van der Waals surface area (Å²) in [6.07, 6.45) is 5.49. The summed E-state index contributed by atoms with van der Waals surface area (Å²) in [5.41, 5.74) is 2.78. The van der Waals surface area contributed by atoms with Crippen LogP contribution in [0.2, 0.25) is 5.02 Å². The third-order valence-corrected chi connectivity index (χ3v) is 4.01. The maximum atomic E-state index is 12.2. The summed E-state index contributed by atoms with van der Waals surface area (Å²) in [4.78, 5) is 20.8. The molecule has 1 aliphatic rings. The van der Waals surface area contributed by atoms with Crippen molar-refractivity contribution in [3.05, 3.63) is 53.4 Å². The van der Waals surface area contributed by atoms with E-state index in [0.29, 0.717) is 28.0 Å². The van der Waals surface area contributed by atoms with Gasteiger partial charge in [-0.2, -0.15) is 0 Å². The van der Waals surface area contributed by atoms with Crippen molar-refractivity contribution in [3.63, 3.8) is 0 Å². The highest BCUT2D eigenvalue weighted by atomic mass is 35.5. The minimum atomic E-state index is -0.0715. The van der Waals surface area contributed by atoms with Gasteiger partial charge in [0, 0.05) is 17.8 Å². The highest BCUT2D eigenvalue weighted by Crippen LogP contribution is 2.25. The standard InChI is InChI=1S/C16H13ClN4O/c17-12-6-3-10(16(22)20-11-4-5-11)8-14(12)21-9-19-13-2-1-7-18-15(13)21/h1-3,6-9,11H,4-5H2,(H,20,22). The minimum absolute atomic E-state index is 0.0715. The first-order valence-electron chi connectivity index (χ1n) is 7.11. The van der Waals surface area contributed by atoms with Crippen molar-refractivity contribution in [2.24, 2.45) is 0 Å². The van der Waals surface area contributed by atoms with E-state index in [1.807, 2.05) is 12.1 Å². The van der Waals surface area contributed by atoms with Crippen molar-refractivity contribution in [1.29, 1.82) is 0 Å². The predicted molar refractivity (Wildman–Crippen MR) is 84.4 cm³/mol. The summed E-state index contributed by atoms with van der Waals surface area (Å²) in [6.45, 7) is 0. The average Bonchev–Trinajstić information content (AvgIpc) is 3.24. The fourth-order valence-electron chi connectivity index (χ4n) is 2.36. The zero-order valence-corrected chi connectivity index (χ0v) is 12.4. The molecule has 6 heteroatoms. The van der Waals surface area contributed by atoms with Crippen molar-refractivity contribution in [1.82, 2.24) is 19.9 Å². The number of nitrogens with zero attached hydrogens (tertiary/aromatic N) is 3. The Balaban J connectivity index is 1.78. The second kappa shape index (κ2) is 5.10. The molecular weight excluding hydrogens is 300 g/mol. The first-order chi connectivity index (χ1) is 10.7. The molecule has 1 fully saturated rings. The first kappa shape index (κ1) is 13.3. The maximum Gasteiger partial charge on any atom is 0.251 e. The molecule has 4 rings (SSSR count). The van der Waals surface area contributed by atoms with Crippen LogP contribution in [0.25, 0.3) is 16.9 Å². The Morgan fingerprint density at radius 3 is 2.95 bits per heavy atom. The number of amides is 1. The molecule has 22 heavy (non-hydrogen) atoms. The second-order valence-corrected chi connectivity index (χ2v) is 5.78. The van der Waals surface area contributed by atoms with Crippen molar-refractivity contribution in [3.8, 4) is 5.69 Å².